The highest BCUT2D eigenvalue weighted by molar-refractivity contribution is 8.17. The van der Waals surface area contributed by atoms with Gasteiger partial charge in [0.05, 0.1) is 0 Å². The molecule has 0 aromatic carbocycles. The highest BCUT2D eigenvalue weighted by Crippen LogP contribution is 2.21. The average molecular weight is 247 g/mol. The van der Waals surface area contributed by atoms with Crippen LogP contribution in [0.3, 0.4) is 0 Å². The molecule has 0 fully saturated rings. The molecule has 0 saturated carbocycles. The Morgan fingerprint density at radius 3 is 2.53 bits per heavy atom. The van der Waals surface area contributed by atoms with Gasteiger partial charge in [0.1, 0.15) is 5.69 Å². The van der Waals surface area contributed by atoms with E-state index in [-0.39, 0.29) is 15.9 Å². The number of hydrogen-bond acceptors (Lipinski definition) is 2. The number of aldehydes is 1. The summed E-state index contributed by atoms with van der Waals surface area (Å²) < 4.78 is 0. The molecular formula is C14H17NOS. The molecule has 17 heavy (non-hydrogen) atoms. The van der Waals surface area contributed by atoms with Gasteiger partial charge in [-0.05, 0) is 29.6 Å². The van der Waals surface area contributed by atoms with Gasteiger partial charge < -0.3 is 0 Å². The van der Waals surface area contributed by atoms with Crippen molar-refractivity contribution in [3.8, 4) is 11.2 Å². The van der Waals surface area contributed by atoms with Crippen LogP contribution in [0.15, 0.2) is 12.1 Å². The van der Waals surface area contributed by atoms with Gasteiger partial charge in [0.2, 0.25) is 0 Å². The average Bonchev–Trinajstić information content (AvgIpc) is 2.24. The summed E-state index contributed by atoms with van der Waals surface area (Å²) in [4.78, 5) is 15.4. The molecule has 1 unspecified atom stereocenters. The summed E-state index contributed by atoms with van der Waals surface area (Å²) in [7, 11) is -0.221. The van der Waals surface area contributed by atoms with Crippen LogP contribution in [0.4, 0.5) is 0 Å². The molecule has 0 saturated heterocycles. The molecule has 0 spiro atoms. The summed E-state index contributed by atoms with van der Waals surface area (Å²) in [5.41, 5.74) is 1.98. The molecule has 90 valence electrons. The van der Waals surface area contributed by atoms with Crippen molar-refractivity contribution in [2.45, 2.75) is 26.2 Å². The van der Waals surface area contributed by atoms with Gasteiger partial charge in [0.15, 0.2) is 6.29 Å². The maximum Gasteiger partial charge on any atom is 0.152 e. The van der Waals surface area contributed by atoms with E-state index in [1.165, 1.54) is 0 Å². The van der Waals surface area contributed by atoms with E-state index in [0.717, 1.165) is 12.0 Å². The third-order valence-electron chi connectivity index (χ3n) is 2.17. The van der Waals surface area contributed by atoms with Gasteiger partial charge in [-0.2, -0.15) is 0 Å². The van der Waals surface area contributed by atoms with Crippen LogP contribution in [0.25, 0.3) is 0 Å². The number of carbonyl (C=O) groups excluding carboxylic acids is 1. The number of nitrogens with zero attached hydrogens (tertiary/aromatic N) is 1. The second-order valence-electron chi connectivity index (χ2n) is 4.87. The fourth-order valence-corrected chi connectivity index (χ4v) is 1.49. The molecule has 1 heterocycles. The van der Waals surface area contributed by atoms with Crippen molar-refractivity contribution in [1.82, 2.24) is 4.98 Å². The van der Waals surface area contributed by atoms with E-state index in [2.05, 4.69) is 42.8 Å². The van der Waals surface area contributed by atoms with Gasteiger partial charge in [0, 0.05) is 16.7 Å². The molecule has 1 aromatic rings. The molecule has 0 amide bonds. The highest BCUT2D eigenvalue weighted by Gasteiger charge is 2.16. The summed E-state index contributed by atoms with van der Waals surface area (Å²) in [5, 5.41) is 2.96. The SMILES string of the molecule is C=S(C)C#Cc1nc(C(C)(C)C)ccc1C=O. The Morgan fingerprint density at radius 2 is 2.06 bits per heavy atom. The van der Waals surface area contributed by atoms with Crippen LogP contribution >= 0.6 is 10.5 Å². The van der Waals surface area contributed by atoms with Crippen LogP contribution in [0, 0.1) is 11.2 Å². The Morgan fingerprint density at radius 1 is 1.41 bits per heavy atom. The molecule has 1 atom stereocenters. The Balaban J connectivity index is 3.31. The number of hydrogen-bond donors (Lipinski definition) is 0. The van der Waals surface area contributed by atoms with Crippen LogP contribution in [0.5, 0.6) is 0 Å². The quantitative estimate of drug-likeness (QED) is 0.434. The monoisotopic (exact) mass is 247 g/mol. The first kappa shape index (κ1) is 13.7. The van der Waals surface area contributed by atoms with Crippen molar-refractivity contribution in [3.05, 3.63) is 29.1 Å². The number of carbonyl (C=O) groups is 1. The Labute approximate surface area is 105 Å². The van der Waals surface area contributed by atoms with E-state index in [0.29, 0.717) is 11.3 Å². The summed E-state index contributed by atoms with van der Waals surface area (Å²) in [6, 6.07) is 3.66. The summed E-state index contributed by atoms with van der Waals surface area (Å²) in [6.07, 6.45) is 2.72. The molecule has 0 aliphatic rings. The van der Waals surface area contributed by atoms with Gasteiger partial charge >= 0.3 is 0 Å². The third kappa shape index (κ3) is 3.83. The lowest BCUT2D eigenvalue weighted by atomic mass is 9.91. The van der Waals surface area contributed by atoms with E-state index in [4.69, 9.17) is 0 Å². The standard InChI is InChI=1S/C14H17NOS/c1-14(2,3)13-7-6-11(10-16)12(15-13)8-9-17(4)5/h6-7,10H,4H2,1-3,5H3. The first-order valence-electron chi connectivity index (χ1n) is 5.28. The first-order chi connectivity index (χ1) is 7.84. The fourth-order valence-electron chi connectivity index (χ4n) is 1.22. The van der Waals surface area contributed by atoms with Crippen LogP contribution in [-0.4, -0.2) is 23.4 Å². The predicted molar refractivity (Wildman–Crippen MR) is 75.8 cm³/mol. The van der Waals surface area contributed by atoms with Gasteiger partial charge in [-0.25, -0.2) is 4.98 Å². The molecule has 0 aliphatic heterocycles. The number of pyridine rings is 1. The predicted octanol–water partition coefficient (Wildman–Crippen LogP) is 2.83. The van der Waals surface area contributed by atoms with E-state index < -0.39 is 0 Å². The topological polar surface area (TPSA) is 30.0 Å². The van der Waals surface area contributed by atoms with Crippen molar-refractivity contribution in [2.75, 3.05) is 6.26 Å². The molecule has 1 aromatic heterocycles. The Bertz CT molecular complexity index is 515. The Kier molecular flexibility index (Phi) is 4.25. The molecular weight excluding hydrogens is 230 g/mol. The summed E-state index contributed by atoms with van der Waals surface area (Å²) in [5.74, 6) is 6.75. The second-order valence-corrected chi connectivity index (χ2v) is 6.34. The minimum Gasteiger partial charge on any atom is -0.298 e. The van der Waals surface area contributed by atoms with Gasteiger partial charge in [-0.3, -0.25) is 4.79 Å². The zero-order chi connectivity index (χ0) is 13.1. The normalized spacial score (nSPS) is 12.5. The van der Waals surface area contributed by atoms with Crippen molar-refractivity contribution in [3.63, 3.8) is 0 Å². The molecule has 0 N–H and O–H groups in total. The van der Waals surface area contributed by atoms with E-state index in [9.17, 15) is 4.79 Å². The zero-order valence-electron chi connectivity index (χ0n) is 10.7. The van der Waals surface area contributed by atoms with E-state index in [1.807, 2.05) is 12.3 Å². The minimum absolute atomic E-state index is 0.0454. The number of aromatic nitrogens is 1. The van der Waals surface area contributed by atoms with Crippen LogP contribution in [0.2, 0.25) is 0 Å². The van der Waals surface area contributed by atoms with Crippen molar-refractivity contribution < 1.29 is 4.79 Å². The van der Waals surface area contributed by atoms with Gasteiger partial charge in [-0.15, -0.1) is 10.5 Å². The van der Waals surface area contributed by atoms with Crippen LogP contribution in [-0.2, 0) is 5.41 Å². The minimum atomic E-state index is -0.221. The van der Waals surface area contributed by atoms with Crippen LogP contribution in [0.1, 0.15) is 42.5 Å². The van der Waals surface area contributed by atoms with Crippen molar-refractivity contribution in [2.24, 2.45) is 0 Å². The highest BCUT2D eigenvalue weighted by atomic mass is 32.2. The van der Waals surface area contributed by atoms with E-state index >= 15 is 0 Å². The number of rotatable bonds is 1. The van der Waals surface area contributed by atoms with Crippen LogP contribution < -0.4 is 0 Å². The maximum absolute atomic E-state index is 10.9. The zero-order valence-corrected chi connectivity index (χ0v) is 11.5. The molecule has 1 rings (SSSR count). The van der Waals surface area contributed by atoms with Crippen molar-refractivity contribution >= 4 is 22.6 Å². The second kappa shape index (κ2) is 5.29. The molecule has 0 radical (unpaired) electrons. The largest absolute Gasteiger partial charge is 0.298 e. The lowest BCUT2D eigenvalue weighted by molar-refractivity contribution is 0.112. The molecule has 3 heteroatoms. The lowest BCUT2D eigenvalue weighted by Gasteiger charge is -2.17. The summed E-state index contributed by atoms with van der Waals surface area (Å²) in [6.45, 7) is 6.25. The maximum atomic E-state index is 10.9. The fraction of sp³-hybridized carbons (Fsp3) is 0.357. The Hall–Kier alpha value is -1.40. The summed E-state index contributed by atoms with van der Waals surface area (Å²) >= 11 is 0. The molecule has 2 nitrogen and oxygen atoms in total. The lowest BCUT2D eigenvalue weighted by Crippen LogP contribution is -2.14. The first-order valence-corrected chi connectivity index (χ1v) is 7.09. The smallest absolute Gasteiger partial charge is 0.152 e. The molecule has 0 bridgehead atoms. The van der Waals surface area contributed by atoms with Crippen molar-refractivity contribution in [1.29, 1.82) is 0 Å². The van der Waals surface area contributed by atoms with Gasteiger partial charge in [-0.1, -0.05) is 26.6 Å². The third-order valence-corrected chi connectivity index (χ3v) is 2.62. The van der Waals surface area contributed by atoms with E-state index in [1.54, 1.807) is 6.07 Å². The van der Waals surface area contributed by atoms with Gasteiger partial charge in [0.25, 0.3) is 0 Å². The molecule has 0 aliphatic carbocycles.